The molecule has 76 valence electrons. The maximum atomic E-state index is 9.70. The molecule has 0 radical (unpaired) electrons. The van der Waals surface area contributed by atoms with Gasteiger partial charge in [0.15, 0.2) is 0 Å². The molecule has 0 heterocycles. The molecule has 1 atom stereocenters. The van der Waals surface area contributed by atoms with Gasteiger partial charge in [-0.05, 0) is 36.6 Å². The molecule has 1 rings (SSSR count). The number of hydrogen-bond donors (Lipinski definition) is 1. The summed E-state index contributed by atoms with van der Waals surface area (Å²) in [7, 11) is 1.64. The lowest BCUT2D eigenvalue weighted by molar-refractivity contribution is 0.181. The van der Waals surface area contributed by atoms with Gasteiger partial charge in [0.05, 0.1) is 13.2 Å². The molecule has 0 bridgehead atoms. The van der Waals surface area contributed by atoms with Gasteiger partial charge in [-0.2, -0.15) is 0 Å². The maximum Gasteiger partial charge on any atom is 0.121 e. The van der Waals surface area contributed by atoms with E-state index in [0.717, 1.165) is 16.9 Å². The number of aryl methyl sites for hydroxylation is 1. The SMILES string of the molecule is C=CC[C@@H](O)c1ccc(OC)c(C)c1. The van der Waals surface area contributed by atoms with Crippen LogP contribution in [0.3, 0.4) is 0 Å². The van der Waals surface area contributed by atoms with E-state index in [-0.39, 0.29) is 0 Å². The van der Waals surface area contributed by atoms with Crippen molar-refractivity contribution in [3.8, 4) is 5.75 Å². The summed E-state index contributed by atoms with van der Waals surface area (Å²) in [5.74, 6) is 0.847. The van der Waals surface area contributed by atoms with E-state index in [1.54, 1.807) is 13.2 Å². The Morgan fingerprint density at radius 2 is 2.29 bits per heavy atom. The Balaban J connectivity index is 2.90. The Morgan fingerprint density at radius 3 is 2.79 bits per heavy atom. The van der Waals surface area contributed by atoms with Gasteiger partial charge in [-0.1, -0.05) is 12.1 Å². The first-order valence-corrected chi connectivity index (χ1v) is 4.62. The minimum absolute atomic E-state index is 0.461. The fourth-order valence-electron chi connectivity index (χ4n) is 1.40. The molecular formula is C12H16O2. The van der Waals surface area contributed by atoms with Gasteiger partial charge in [-0.15, -0.1) is 6.58 Å². The molecule has 1 aromatic carbocycles. The number of aliphatic hydroxyl groups is 1. The molecule has 0 aliphatic rings. The zero-order chi connectivity index (χ0) is 10.6. The number of aliphatic hydroxyl groups excluding tert-OH is 1. The summed E-state index contributed by atoms with van der Waals surface area (Å²) in [6.07, 6.45) is 1.83. The lowest BCUT2D eigenvalue weighted by Crippen LogP contribution is -1.97. The van der Waals surface area contributed by atoms with Crippen LogP contribution in [-0.2, 0) is 0 Å². The molecular weight excluding hydrogens is 176 g/mol. The standard InChI is InChI=1S/C12H16O2/c1-4-5-11(13)10-6-7-12(14-3)9(2)8-10/h4,6-8,11,13H,1,5H2,2-3H3/t11-/m1/s1. The van der Waals surface area contributed by atoms with E-state index >= 15 is 0 Å². The van der Waals surface area contributed by atoms with Crippen LogP contribution < -0.4 is 4.74 Å². The first kappa shape index (κ1) is 10.8. The van der Waals surface area contributed by atoms with Gasteiger partial charge in [0.1, 0.15) is 5.75 Å². The van der Waals surface area contributed by atoms with E-state index in [1.807, 2.05) is 25.1 Å². The van der Waals surface area contributed by atoms with E-state index in [9.17, 15) is 5.11 Å². The summed E-state index contributed by atoms with van der Waals surface area (Å²) in [5, 5.41) is 9.70. The van der Waals surface area contributed by atoms with E-state index in [0.29, 0.717) is 6.42 Å². The van der Waals surface area contributed by atoms with Crippen molar-refractivity contribution >= 4 is 0 Å². The van der Waals surface area contributed by atoms with Crippen molar-refractivity contribution in [2.75, 3.05) is 7.11 Å². The van der Waals surface area contributed by atoms with Crippen LogP contribution in [0.1, 0.15) is 23.7 Å². The second kappa shape index (κ2) is 4.82. The van der Waals surface area contributed by atoms with E-state index in [2.05, 4.69) is 6.58 Å². The van der Waals surface area contributed by atoms with Crippen molar-refractivity contribution in [2.45, 2.75) is 19.4 Å². The Kier molecular flexibility index (Phi) is 3.72. The topological polar surface area (TPSA) is 29.5 Å². The molecule has 1 N–H and O–H groups in total. The molecule has 0 aromatic heterocycles. The molecule has 0 fully saturated rings. The third-order valence-electron chi connectivity index (χ3n) is 2.19. The average Bonchev–Trinajstić information content (AvgIpc) is 2.18. The van der Waals surface area contributed by atoms with Gasteiger partial charge < -0.3 is 9.84 Å². The molecule has 0 aliphatic heterocycles. The van der Waals surface area contributed by atoms with E-state index < -0.39 is 6.10 Å². The van der Waals surface area contributed by atoms with E-state index in [1.165, 1.54) is 0 Å². The van der Waals surface area contributed by atoms with Crippen molar-refractivity contribution in [1.82, 2.24) is 0 Å². The smallest absolute Gasteiger partial charge is 0.121 e. The summed E-state index contributed by atoms with van der Waals surface area (Å²) in [6.45, 7) is 5.56. The zero-order valence-electron chi connectivity index (χ0n) is 8.66. The van der Waals surface area contributed by atoms with Crippen LogP contribution in [0.2, 0.25) is 0 Å². The minimum Gasteiger partial charge on any atom is -0.496 e. The Labute approximate surface area is 84.8 Å². The molecule has 0 amide bonds. The number of hydrogen-bond acceptors (Lipinski definition) is 2. The highest BCUT2D eigenvalue weighted by atomic mass is 16.5. The van der Waals surface area contributed by atoms with Crippen molar-refractivity contribution < 1.29 is 9.84 Å². The molecule has 2 heteroatoms. The van der Waals surface area contributed by atoms with Gasteiger partial charge in [0.2, 0.25) is 0 Å². The molecule has 0 unspecified atom stereocenters. The minimum atomic E-state index is -0.461. The number of ether oxygens (including phenoxy) is 1. The van der Waals surface area contributed by atoms with Crippen molar-refractivity contribution in [3.63, 3.8) is 0 Å². The second-order valence-corrected chi connectivity index (χ2v) is 3.27. The molecule has 1 aromatic rings. The average molecular weight is 192 g/mol. The fraction of sp³-hybridized carbons (Fsp3) is 0.333. The summed E-state index contributed by atoms with van der Waals surface area (Å²) in [4.78, 5) is 0. The van der Waals surface area contributed by atoms with Gasteiger partial charge >= 0.3 is 0 Å². The first-order valence-electron chi connectivity index (χ1n) is 4.62. The maximum absolute atomic E-state index is 9.70. The van der Waals surface area contributed by atoms with Gasteiger partial charge in [-0.25, -0.2) is 0 Å². The van der Waals surface area contributed by atoms with Crippen LogP contribution >= 0.6 is 0 Å². The van der Waals surface area contributed by atoms with Crippen LogP contribution in [-0.4, -0.2) is 12.2 Å². The van der Waals surface area contributed by atoms with Crippen molar-refractivity contribution in [1.29, 1.82) is 0 Å². The summed E-state index contributed by atoms with van der Waals surface area (Å²) < 4.78 is 5.14. The summed E-state index contributed by atoms with van der Waals surface area (Å²) >= 11 is 0. The Hall–Kier alpha value is -1.28. The molecule has 0 spiro atoms. The predicted molar refractivity (Wildman–Crippen MR) is 57.5 cm³/mol. The monoisotopic (exact) mass is 192 g/mol. The third kappa shape index (κ3) is 2.36. The number of benzene rings is 1. The first-order chi connectivity index (χ1) is 6.69. The highest BCUT2D eigenvalue weighted by molar-refractivity contribution is 5.37. The van der Waals surface area contributed by atoms with Crippen molar-refractivity contribution in [3.05, 3.63) is 42.0 Å². The van der Waals surface area contributed by atoms with Crippen LogP contribution in [0.4, 0.5) is 0 Å². The zero-order valence-corrected chi connectivity index (χ0v) is 8.66. The Morgan fingerprint density at radius 1 is 1.57 bits per heavy atom. The summed E-state index contributed by atoms with van der Waals surface area (Å²) in [5.41, 5.74) is 1.94. The highest BCUT2D eigenvalue weighted by Crippen LogP contribution is 2.24. The van der Waals surface area contributed by atoms with E-state index in [4.69, 9.17) is 4.74 Å². The number of methoxy groups -OCH3 is 1. The second-order valence-electron chi connectivity index (χ2n) is 3.27. The fourth-order valence-corrected chi connectivity index (χ4v) is 1.40. The predicted octanol–water partition coefficient (Wildman–Crippen LogP) is 2.61. The van der Waals surface area contributed by atoms with Crippen molar-refractivity contribution in [2.24, 2.45) is 0 Å². The van der Waals surface area contributed by atoms with Crippen LogP contribution in [0, 0.1) is 6.92 Å². The largest absolute Gasteiger partial charge is 0.496 e. The Bertz CT molecular complexity index is 318. The number of rotatable bonds is 4. The normalized spacial score (nSPS) is 12.2. The summed E-state index contributed by atoms with van der Waals surface area (Å²) in [6, 6.07) is 5.68. The molecule has 2 nitrogen and oxygen atoms in total. The quantitative estimate of drug-likeness (QED) is 0.743. The molecule has 14 heavy (non-hydrogen) atoms. The third-order valence-corrected chi connectivity index (χ3v) is 2.19. The van der Waals surface area contributed by atoms with Crippen LogP contribution in [0.5, 0.6) is 5.75 Å². The lowest BCUT2D eigenvalue weighted by atomic mass is 10.0. The molecule has 0 saturated carbocycles. The van der Waals surface area contributed by atoms with Gasteiger partial charge in [0.25, 0.3) is 0 Å². The molecule has 0 aliphatic carbocycles. The molecule has 0 saturated heterocycles. The highest BCUT2D eigenvalue weighted by Gasteiger charge is 2.07. The lowest BCUT2D eigenvalue weighted by Gasteiger charge is -2.11. The van der Waals surface area contributed by atoms with Crippen LogP contribution in [0.15, 0.2) is 30.9 Å². The van der Waals surface area contributed by atoms with Gasteiger partial charge in [0, 0.05) is 0 Å². The van der Waals surface area contributed by atoms with Crippen LogP contribution in [0.25, 0.3) is 0 Å². The van der Waals surface area contributed by atoms with Gasteiger partial charge in [-0.3, -0.25) is 0 Å².